The molecule has 0 amide bonds. The minimum atomic E-state index is -1.83. The fourth-order valence-electron chi connectivity index (χ4n) is 12.3. The van der Waals surface area contributed by atoms with Crippen LogP contribution in [0.3, 0.4) is 0 Å². The summed E-state index contributed by atoms with van der Waals surface area (Å²) in [5, 5.41) is 37.3. The fraction of sp³-hybridized carbons (Fsp3) is 0.765. The highest BCUT2D eigenvalue weighted by Gasteiger charge is 2.92. The van der Waals surface area contributed by atoms with Crippen molar-refractivity contribution in [3.8, 4) is 0 Å². The number of nitrogens with zero attached hydrogens (tertiary/aromatic N) is 1. The molecule has 0 aromatic heterocycles. The number of likely N-dealkylation sites (tertiary alicyclic amines) is 1. The van der Waals surface area contributed by atoms with Crippen molar-refractivity contribution in [2.75, 3.05) is 48.1 Å². The molecule has 12 heteroatoms. The Morgan fingerprint density at radius 3 is 2.30 bits per heavy atom. The highest BCUT2D eigenvalue weighted by Crippen LogP contribution is 2.80. The Labute approximate surface area is 269 Å². The molecule has 1 aliphatic heterocycles. The van der Waals surface area contributed by atoms with Crippen molar-refractivity contribution >= 4 is 11.9 Å². The molecule has 4 unspecified atom stereocenters. The summed E-state index contributed by atoms with van der Waals surface area (Å²) < 4.78 is 37.4. The van der Waals surface area contributed by atoms with Gasteiger partial charge in [0.05, 0.1) is 30.5 Å². The molecule has 7 bridgehead atoms. The van der Waals surface area contributed by atoms with Gasteiger partial charge in [0.1, 0.15) is 23.9 Å². The maximum absolute atomic E-state index is 13.8. The molecule has 1 aromatic rings. The van der Waals surface area contributed by atoms with Crippen molar-refractivity contribution in [1.82, 2.24) is 4.90 Å². The van der Waals surface area contributed by atoms with Gasteiger partial charge in [-0.05, 0) is 31.0 Å². The molecule has 1 saturated heterocycles. The Bertz CT molecular complexity index is 1360. The minimum Gasteiger partial charge on any atom is -0.455 e. The van der Waals surface area contributed by atoms with Gasteiger partial charge in [0.2, 0.25) is 0 Å². The van der Waals surface area contributed by atoms with Crippen LogP contribution in [0.1, 0.15) is 37.0 Å². The van der Waals surface area contributed by atoms with Crippen LogP contribution in [0.2, 0.25) is 0 Å². The fourth-order valence-corrected chi connectivity index (χ4v) is 12.3. The number of ether oxygens (including phenoxy) is 6. The molecule has 7 rings (SSSR count). The van der Waals surface area contributed by atoms with Gasteiger partial charge in [-0.2, -0.15) is 0 Å². The first-order valence-corrected chi connectivity index (χ1v) is 16.3. The number of aliphatic hydroxyl groups is 3. The van der Waals surface area contributed by atoms with Crippen LogP contribution in [0, 0.1) is 34.5 Å². The lowest BCUT2D eigenvalue weighted by molar-refractivity contribution is -0.322. The van der Waals surface area contributed by atoms with E-state index in [1.807, 2.05) is 6.92 Å². The van der Waals surface area contributed by atoms with Crippen molar-refractivity contribution in [2.24, 2.45) is 34.5 Å². The molecule has 46 heavy (non-hydrogen) atoms. The number of hydrogen-bond acceptors (Lipinski definition) is 12. The van der Waals surface area contributed by atoms with E-state index in [0.717, 1.165) is 0 Å². The van der Waals surface area contributed by atoms with Gasteiger partial charge in [0, 0.05) is 83.0 Å². The second kappa shape index (κ2) is 10.9. The highest BCUT2D eigenvalue weighted by atomic mass is 16.6. The minimum absolute atomic E-state index is 0.0791. The molecule has 6 aliphatic rings. The number of aliphatic hydroxyl groups excluding tert-OH is 2. The van der Waals surface area contributed by atoms with Crippen molar-refractivity contribution in [2.45, 2.75) is 80.6 Å². The van der Waals surface area contributed by atoms with Crippen LogP contribution < -0.4 is 0 Å². The van der Waals surface area contributed by atoms with Crippen LogP contribution in [0.15, 0.2) is 30.3 Å². The van der Waals surface area contributed by atoms with Gasteiger partial charge in [-0.25, -0.2) is 4.79 Å². The van der Waals surface area contributed by atoms with Crippen LogP contribution in [-0.2, 0) is 33.2 Å². The largest absolute Gasteiger partial charge is 0.455 e. The van der Waals surface area contributed by atoms with Crippen molar-refractivity contribution in [3.63, 3.8) is 0 Å². The van der Waals surface area contributed by atoms with E-state index in [0.29, 0.717) is 25.1 Å². The number of carbonyl (C=O) groups excluding carboxylic acids is 2. The third kappa shape index (κ3) is 3.62. The second-order valence-electron chi connectivity index (χ2n) is 14.4. The van der Waals surface area contributed by atoms with Gasteiger partial charge in [-0.15, -0.1) is 0 Å². The molecule has 12 nitrogen and oxygen atoms in total. The molecule has 1 aromatic carbocycles. The molecule has 5 aliphatic carbocycles. The number of esters is 2. The summed E-state index contributed by atoms with van der Waals surface area (Å²) in [6, 6.07) is 8.18. The zero-order valence-corrected chi connectivity index (χ0v) is 27.3. The van der Waals surface area contributed by atoms with Crippen LogP contribution in [-0.4, -0.2) is 134 Å². The average Bonchev–Trinajstić information content (AvgIpc) is 3.41. The van der Waals surface area contributed by atoms with Crippen molar-refractivity contribution in [1.29, 1.82) is 0 Å². The summed E-state index contributed by atoms with van der Waals surface area (Å²) in [5.74, 6) is -3.65. The van der Waals surface area contributed by atoms with Gasteiger partial charge >= 0.3 is 11.9 Å². The monoisotopic (exact) mass is 645 g/mol. The summed E-state index contributed by atoms with van der Waals surface area (Å²) in [6.45, 7) is 4.68. The summed E-state index contributed by atoms with van der Waals surface area (Å²) in [7, 11) is 6.27. The first kappa shape index (κ1) is 32.4. The topological polar surface area (TPSA) is 153 Å². The molecule has 15 atom stereocenters. The zero-order chi connectivity index (χ0) is 33.0. The Balaban J connectivity index is 1.53. The van der Waals surface area contributed by atoms with E-state index < -0.39 is 88.3 Å². The first-order chi connectivity index (χ1) is 22.0. The Kier molecular flexibility index (Phi) is 7.69. The predicted octanol–water partition coefficient (Wildman–Crippen LogP) is 0.648. The summed E-state index contributed by atoms with van der Waals surface area (Å²) in [5.41, 5.74) is -4.79. The molecule has 0 radical (unpaired) electrons. The van der Waals surface area contributed by atoms with E-state index in [1.54, 1.807) is 51.7 Å². The number of fused-ring (bicyclic) bond motifs is 2. The van der Waals surface area contributed by atoms with Crippen molar-refractivity contribution in [3.05, 3.63) is 35.9 Å². The lowest BCUT2D eigenvalue weighted by atomic mass is 9.42. The van der Waals surface area contributed by atoms with Gasteiger partial charge < -0.3 is 43.7 Å². The maximum atomic E-state index is 13.8. The summed E-state index contributed by atoms with van der Waals surface area (Å²) in [4.78, 5) is 29.3. The van der Waals surface area contributed by atoms with E-state index in [9.17, 15) is 24.9 Å². The summed E-state index contributed by atoms with van der Waals surface area (Å²) in [6.07, 6.45) is -5.49. The molecule has 1 heterocycles. The van der Waals surface area contributed by atoms with Gasteiger partial charge in [-0.1, -0.05) is 25.1 Å². The smallest absolute Gasteiger partial charge is 0.338 e. The van der Waals surface area contributed by atoms with E-state index in [-0.39, 0.29) is 25.0 Å². The zero-order valence-electron chi connectivity index (χ0n) is 27.3. The Hall–Kier alpha value is -2.16. The SMILES string of the molecule is CCN1C[C@@]2(COC)C3[C@@H](OC)[C@H]4[C@@H]1[C@]3(C(OC)C[C@H]2O)C1C[C@@]2(O)[C@H](OC(=O)c3ccccc3)C1[C@]4(OC(C)=O)[C@@H](O)[C@@H]2OC. The van der Waals surface area contributed by atoms with Crippen LogP contribution in [0.5, 0.6) is 0 Å². The quantitative estimate of drug-likeness (QED) is 0.323. The highest BCUT2D eigenvalue weighted by molar-refractivity contribution is 5.89. The van der Waals surface area contributed by atoms with E-state index in [1.165, 1.54) is 14.0 Å². The molecular formula is C34H47NO11. The standard InChI is InChI=1S/C34H47NO11/c1-7-35-15-31(16-41-3)20(37)13-21(42-4)33-19-14-32(40)28(45-30(39)18-11-9-8-10-12-18)22(19)34(46-17(2)36,27(38)29(32)44-6)23(26(33)35)24(43-5)25(31)33/h8-12,19-29,37-38,40H,7,13-16H2,1-6H3/t19?,20-,21?,22?,23+,24+,25?,26-,27+,28-,29+,31+,32-,33+,34-/m1/s1. The number of hydrogen-bond donors (Lipinski definition) is 3. The number of methoxy groups -OCH3 is 4. The third-order valence-corrected chi connectivity index (χ3v) is 13.2. The number of rotatable bonds is 9. The van der Waals surface area contributed by atoms with Crippen LogP contribution >= 0.6 is 0 Å². The summed E-state index contributed by atoms with van der Waals surface area (Å²) >= 11 is 0. The molecule has 1 spiro atoms. The van der Waals surface area contributed by atoms with Crippen LogP contribution in [0.25, 0.3) is 0 Å². The normalized spacial score (nSPS) is 49.9. The number of carbonyl (C=O) groups is 2. The molecule has 3 N–H and O–H groups in total. The number of piperidine rings is 1. The van der Waals surface area contributed by atoms with Crippen LogP contribution in [0.4, 0.5) is 0 Å². The van der Waals surface area contributed by atoms with E-state index in [2.05, 4.69) is 4.90 Å². The second-order valence-corrected chi connectivity index (χ2v) is 14.4. The van der Waals surface area contributed by atoms with Gasteiger partial charge in [0.25, 0.3) is 0 Å². The van der Waals surface area contributed by atoms with Crippen molar-refractivity contribution < 1.29 is 53.3 Å². The maximum Gasteiger partial charge on any atom is 0.338 e. The van der Waals surface area contributed by atoms with Gasteiger partial charge in [-0.3, -0.25) is 9.69 Å². The predicted molar refractivity (Wildman–Crippen MR) is 160 cm³/mol. The van der Waals surface area contributed by atoms with E-state index >= 15 is 0 Å². The molecule has 6 fully saturated rings. The Morgan fingerprint density at radius 2 is 1.72 bits per heavy atom. The molecule has 254 valence electrons. The molecule has 5 saturated carbocycles. The average molecular weight is 646 g/mol. The van der Waals surface area contributed by atoms with Gasteiger partial charge in [0.15, 0.2) is 5.60 Å². The molecular weight excluding hydrogens is 598 g/mol. The van der Waals surface area contributed by atoms with E-state index in [4.69, 9.17) is 28.4 Å². The number of benzene rings is 1. The first-order valence-electron chi connectivity index (χ1n) is 16.3. The Morgan fingerprint density at radius 1 is 1.00 bits per heavy atom. The lowest BCUT2D eigenvalue weighted by Gasteiger charge is -2.70. The lowest BCUT2D eigenvalue weighted by Crippen LogP contribution is -2.81. The third-order valence-electron chi connectivity index (χ3n) is 13.2.